The van der Waals surface area contributed by atoms with E-state index in [0.29, 0.717) is 25.2 Å². The predicted octanol–water partition coefficient (Wildman–Crippen LogP) is 2.42. The first-order valence-electron chi connectivity index (χ1n) is 6.73. The summed E-state index contributed by atoms with van der Waals surface area (Å²) in [6.45, 7) is 6.14. The molecule has 1 aromatic rings. The van der Waals surface area contributed by atoms with Crippen molar-refractivity contribution in [3.8, 4) is 5.75 Å². The Morgan fingerprint density at radius 3 is 2.47 bits per heavy atom. The molecule has 0 aliphatic rings. The minimum absolute atomic E-state index is 0.00646. The Kier molecular flexibility index (Phi) is 6.36. The second kappa shape index (κ2) is 7.79. The van der Waals surface area contributed by atoms with Gasteiger partial charge in [0.1, 0.15) is 5.75 Å². The first-order chi connectivity index (χ1) is 9.02. The van der Waals surface area contributed by atoms with Gasteiger partial charge in [-0.05, 0) is 38.0 Å². The van der Waals surface area contributed by atoms with Crippen LogP contribution in [0.3, 0.4) is 0 Å². The molecule has 4 nitrogen and oxygen atoms in total. The fourth-order valence-electron chi connectivity index (χ4n) is 1.68. The fraction of sp³-hybridized carbons (Fsp3) is 0.533. The van der Waals surface area contributed by atoms with Crippen molar-refractivity contribution in [2.24, 2.45) is 0 Å². The molecule has 106 valence electrons. The highest BCUT2D eigenvalue weighted by molar-refractivity contribution is 5.76. The van der Waals surface area contributed by atoms with Crippen LogP contribution in [-0.4, -0.2) is 23.7 Å². The fourth-order valence-corrected chi connectivity index (χ4v) is 1.68. The van der Waals surface area contributed by atoms with Gasteiger partial charge in [0.15, 0.2) is 0 Å². The number of benzene rings is 1. The number of carbonyl (C=O) groups is 1. The normalized spacial score (nSPS) is 12.3. The number of aliphatic hydroxyl groups is 1. The van der Waals surface area contributed by atoms with Crippen LogP contribution in [0, 0.1) is 0 Å². The standard InChI is InChI=1S/C15H23NO3/c1-4-14(17)12-5-7-13(8-6-12)19-10-9-15(18)16-11(2)3/h5-8,11,14,17H,4,9-10H2,1-3H3,(H,16,18)/t14-/m1/s1. The zero-order chi connectivity index (χ0) is 14.3. The number of hydrogen-bond acceptors (Lipinski definition) is 3. The predicted molar refractivity (Wildman–Crippen MR) is 75.1 cm³/mol. The Morgan fingerprint density at radius 1 is 1.32 bits per heavy atom. The molecular formula is C15H23NO3. The molecule has 0 bridgehead atoms. The summed E-state index contributed by atoms with van der Waals surface area (Å²) in [7, 11) is 0. The molecule has 0 fully saturated rings. The molecule has 19 heavy (non-hydrogen) atoms. The second-order valence-corrected chi connectivity index (χ2v) is 4.81. The lowest BCUT2D eigenvalue weighted by Crippen LogP contribution is -2.31. The summed E-state index contributed by atoms with van der Waals surface area (Å²) in [5.74, 6) is 0.706. The van der Waals surface area contributed by atoms with Gasteiger partial charge in [-0.25, -0.2) is 0 Å². The van der Waals surface area contributed by atoms with Crippen molar-refractivity contribution in [2.75, 3.05) is 6.61 Å². The number of hydrogen-bond donors (Lipinski definition) is 2. The van der Waals surface area contributed by atoms with Crippen molar-refractivity contribution < 1.29 is 14.6 Å². The quantitative estimate of drug-likeness (QED) is 0.796. The van der Waals surface area contributed by atoms with Gasteiger partial charge < -0.3 is 15.2 Å². The molecule has 0 heterocycles. The molecule has 1 atom stereocenters. The van der Waals surface area contributed by atoms with Crippen LogP contribution >= 0.6 is 0 Å². The molecule has 0 aliphatic heterocycles. The molecule has 0 saturated carbocycles. The van der Waals surface area contributed by atoms with Gasteiger partial charge in [-0.3, -0.25) is 4.79 Å². The van der Waals surface area contributed by atoms with E-state index in [1.54, 1.807) is 0 Å². The topological polar surface area (TPSA) is 58.6 Å². The Hall–Kier alpha value is -1.55. The molecular weight excluding hydrogens is 242 g/mol. The molecule has 0 saturated heterocycles. The van der Waals surface area contributed by atoms with Gasteiger partial charge >= 0.3 is 0 Å². The molecule has 0 aliphatic carbocycles. The highest BCUT2D eigenvalue weighted by Gasteiger charge is 2.06. The second-order valence-electron chi connectivity index (χ2n) is 4.81. The summed E-state index contributed by atoms with van der Waals surface area (Å²) in [5, 5.41) is 12.5. The average Bonchev–Trinajstić information content (AvgIpc) is 2.37. The Morgan fingerprint density at radius 2 is 1.95 bits per heavy atom. The maximum atomic E-state index is 11.4. The van der Waals surface area contributed by atoms with Crippen molar-refractivity contribution >= 4 is 5.91 Å². The molecule has 2 N–H and O–H groups in total. The van der Waals surface area contributed by atoms with Crippen molar-refractivity contribution in [3.05, 3.63) is 29.8 Å². The van der Waals surface area contributed by atoms with Crippen LogP contribution in [0.4, 0.5) is 0 Å². The lowest BCUT2D eigenvalue weighted by Gasteiger charge is -2.11. The summed E-state index contributed by atoms with van der Waals surface area (Å²) in [6, 6.07) is 7.47. The third-order valence-corrected chi connectivity index (χ3v) is 2.70. The van der Waals surface area contributed by atoms with Crippen LogP contribution in [0.25, 0.3) is 0 Å². The minimum Gasteiger partial charge on any atom is -0.493 e. The lowest BCUT2D eigenvalue weighted by atomic mass is 10.1. The van der Waals surface area contributed by atoms with E-state index in [2.05, 4.69) is 5.32 Å². The van der Waals surface area contributed by atoms with Gasteiger partial charge in [0.2, 0.25) is 5.91 Å². The van der Waals surface area contributed by atoms with Crippen LogP contribution in [-0.2, 0) is 4.79 Å². The maximum Gasteiger partial charge on any atom is 0.223 e. The largest absolute Gasteiger partial charge is 0.493 e. The number of aliphatic hydroxyl groups excluding tert-OH is 1. The highest BCUT2D eigenvalue weighted by atomic mass is 16.5. The number of amides is 1. The minimum atomic E-state index is -0.425. The van der Waals surface area contributed by atoms with Gasteiger partial charge in [0.05, 0.1) is 19.1 Å². The van der Waals surface area contributed by atoms with E-state index in [1.165, 1.54) is 0 Å². The molecule has 0 unspecified atom stereocenters. The first-order valence-corrected chi connectivity index (χ1v) is 6.73. The zero-order valence-corrected chi connectivity index (χ0v) is 11.8. The van der Waals surface area contributed by atoms with E-state index < -0.39 is 6.10 Å². The summed E-state index contributed by atoms with van der Waals surface area (Å²) in [6.07, 6.45) is 0.610. The summed E-state index contributed by atoms with van der Waals surface area (Å²) in [5.41, 5.74) is 0.882. The van der Waals surface area contributed by atoms with Crippen molar-refractivity contribution in [2.45, 2.75) is 45.8 Å². The molecule has 0 radical (unpaired) electrons. The van der Waals surface area contributed by atoms with Crippen LogP contribution in [0.5, 0.6) is 5.75 Å². The van der Waals surface area contributed by atoms with E-state index in [9.17, 15) is 9.90 Å². The van der Waals surface area contributed by atoms with E-state index >= 15 is 0 Å². The number of ether oxygens (including phenoxy) is 1. The van der Waals surface area contributed by atoms with Gasteiger partial charge in [-0.15, -0.1) is 0 Å². The molecule has 4 heteroatoms. The third kappa shape index (κ3) is 5.75. The third-order valence-electron chi connectivity index (χ3n) is 2.70. The SMILES string of the molecule is CC[C@@H](O)c1ccc(OCCC(=O)NC(C)C)cc1. The van der Waals surface area contributed by atoms with E-state index in [4.69, 9.17) is 4.74 Å². The molecule has 1 rings (SSSR count). The lowest BCUT2D eigenvalue weighted by molar-refractivity contribution is -0.122. The Balaban J connectivity index is 2.36. The van der Waals surface area contributed by atoms with E-state index in [1.807, 2.05) is 45.0 Å². The summed E-state index contributed by atoms with van der Waals surface area (Å²) in [4.78, 5) is 11.4. The number of nitrogens with one attached hydrogen (secondary N) is 1. The van der Waals surface area contributed by atoms with Crippen LogP contribution in [0.1, 0.15) is 45.3 Å². The summed E-state index contributed by atoms with van der Waals surface area (Å²) >= 11 is 0. The van der Waals surface area contributed by atoms with Gasteiger partial charge in [0.25, 0.3) is 0 Å². The van der Waals surface area contributed by atoms with Gasteiger partial charge in [-0.1, -0.05) is 19.1 Å². The smallest absolute Gasteiger partial charge is 0.223 e. The monoisotopic (exact) mass is 265 g/mol. The highest BCUT2D eigenvalue weighted by Crippen LogP contribution is 2.19. The van der Waals surface area contributed by atoms with Crippen LogP contribution < -0.4 is 10.1 Å². The van der Waals surface area contributed by atoms with Crippen LogP contribution in [0.15, 0.2) is 24.3 Å². The van der Waals surface area contributed by atoms with Gasteiger partial charge in [0, 0.05) is 6.04 Å². The van der Waals surface area contributed by atoms with Crippen molar-refractivity contribution in [3.63, 3.8) is 0 Å². The number of carbonyl (C=O) groups excluding carboxylic acids is 1. The number of rotatable bonds is 7. The molecule has 0 aromatic heterocycles. The molecule has 1 amide bonds. The van der Waals surface area contributed by atoms with Gasteiger partial charge in [-0.2, -0.15) is 0 Å². The summed E-state index contributed by atoms with van der Waals surface area (Å²) < 4.78 is 5.48. The zero-order valence-electron chi connectivity index (χ0n) is 11.8. The first kappa shape index (κ1) is 15.5. The van der Waals surface area contributed by atoms with Crippen molar-refractivity contribution in [1.82, 2.24) is 5.32 Å². The van der Waals surface area contributed by atoms with Crippen molar-refractivity contribution in [1.29, 1.82) is 0 Å². The molecule has 0 spiro atoms. The van der Waals surface area contributed by atoms with E-state index in [-0.39, 0.29) is 11.9 Å². The average molecular weight is 265 g/mol. The van der Waals surface area contributed by atoms with E-state index in [0.717, 1.165) is 5.56 Å². The Labute approximate surface area is 114 Å². The molecule has 1 aromatic carbocycles. The Bertz CT molecular complexity index is 387. The maximum absolute atomic E-state index is 11.4. The van der Waals surface area contributed by atoms with Crippen LogP contribution in [0.2, 0.25) is 0 Å².